The van der Waals surface area contributed by atoms with Gasteiger partial charge in [0, 0.05) is 6.20 Å². The molecule has 2 aromatic heterocycles. The Morgan fingerprint density at radius 3 is 2.82 bits per heavy atom. The van der Waals surface area contributed by atoms with Crippen LogP contribution in [0.5, 0.6) is 5.75 Å². The maximum atomic E-state index is 5.55. The highest BCUT2D eigenvalue weighted by molar-refractivity contribution is 9.10. The number of furan rings is 1. The van der Waals surface area contributed by atoms with Crippen LogP contribution in [0.25, 0.3) is 0 Å². The maximum Gasteiger partial charge on any atom is 0.169 e. The summed E-state index contributed by atoms with van der Waals surface area (Å²) < 4.78 is 11.5. The first-order valence-electron chi connectivity index (χ1n) is 5.17. The third-order valence-corrected chi connectivity index (χ3v) is 2.89. The van der Waals surface area contributed by atoms with E-state index in [1.807, 2.05) is 31.3 Å². The van der Waals surface area contributed by atoms with Crippen LogP contribution in [0.1, 0.15) is 17.5 Å². The quantitative estimate of drug-likeness (QED) is 0.942. The minimum atomic E-state index is -0.127. The van der Waals surface area contributed by atoms with E-state index < -0.39 is 0 Å². The molecule has 4 nitrogen and oxygen atoms in total. The molecular formula is C12H13BrN2O2. The molecule has 1 atom stereocenters. The zero-order valence-electron chi connectivity index (χ0n) is 9.61. The van der Waals surface area contributed by atoms with E-state index in [2.05, 4.69) is 26.2 Å². The highest BCUT2D eigenvalue weighted by Gasteiger charge is 2.20. The molecule has 0 radical (unpaired) electrons. The molecule has 0 saturated carbocycles. The minimum absolute atomic E-state index is 0.127. The molecule has 0 aliphatic heterocycles. The standard InChI is InChI=1S/C12H13BrN2O2/c1-14-11(9-5-6-10(13)17-9)12-8(16-2)4-3-7-15-12/h3-7,11,14H,1-2H3. The Morgan fingerprint density at radius 1 is 1.41 bits per heavy atom. The molecule has 2 rings (SSSR count). The van der Waals surface area contributed by atoms with Crippen LogP contribution in [0.2, 0.25) is 0 Å². The van der Waals surface area contributed by atoms with Crippen molar-refractivity contribution >= 4 is 15.9 Å². The summed E-state index contributed by atoms with van der Waals surface area (Å²) in [5.74, 6) is 1.52. The summed E-state index contributed by atoms with van der Waals surface area (Å²) in [7, 11) is 3.49. The van der Waals surface area contributed by atoms with Crippen molar-refractivity contribution in [3.8, 4) is 5.75 Å². The van der Waals surface area contributed by atoms with Gasteiger partial charge in [-0.25, -0.2) is 0 Å². The summed E-state index contributed by atoms with van der Waals surface area (Å²) in [6.07, 6.45) is 1.74. The number of rotatable bonds is 4. The SMILES string of the molecule is CNC(c1ccc(Br)o1)c1ncccc1OC. The van der Waals surface area contributed by atoms with E-state index in [1.165, 1.54) is 0 Å². The maximum absolute atomic E-state index is 5.55. The van der Waals surface area contributed by atoms with Gasteiger partial charge in [0.25, 0.3) is 0 Å². The van der Waals surface area contributed by atoms with Crippen molar-refractivity contribution in [1.29, 1.82) is 0 Å². The van der Waals surface area contributed by atoms with Crippen molar-refractivity contribution in [3.63, 3.8) is 0 Å². The topological polar surface area (TPSA) is 47.3 Å². The zero-order valence-corrected chi connectivity index (χ0v) is 11.2. The predicted octanol–water partition coefficient (Wildman–Crippen LogP) is 2.75. The zero-order chi connectivity index (χ0) is 12.3. The second-order valence-corrected chi connectivity index (χ2v) is 4.24. The lowest BCUT2D eigenvalue weighted by Crippen LogP contribution is -2.19. The average molecular weight is 297 g/mol. The third-order valence-electron chi connectivity index (χ3n) is 2.46. The molecule has 17 heavy (non-hydrogen) atoms. The van der Waals surface area contributed by atoms with Gasteiger partial charge in [-0.05, 0) is 47.2 Å². The van der Waals surface area contributed by atoms with Gasteiger partial charge in [0.1, 0.15) is 23.2 Å². The van der Waals surface area contributed by atoms with Crippen molar-refractivity contribution in [2.75, 3.05) is 14.2 Å². The van der Waals surface area contributed by atoms with Gasteiger partial charge in [0.05, 0.1) is 7.11 Å². The van der Waals surface area contributed by atoms with Crippen LogP contribution in [0.4, 0.5) is 0 Å². The number of ether oxygens (including phenoxy) is 1. The average Bonchev–Trinajstić information content (AvgIpc) is 2.77. The van der Waals surface area contributed by atoms with Crippen molar-refractivity contribution < 1.29 is 9.15 Å². The second kappa shape index (κ2) is 5.33. The number of nitrogens with one attached hydrogen (secondary N) is 1. The molecule has 2 heterocycles. The highest BCUT2D eigenvalue weighted by Crippen LogP contribution is 2.29. The fourth-order valence-electron chi connectivity index (χ4n) is 1.69. The van der Waals surface area contributed by atoms with Crippen LogP contribution < -0.4 is 10.1 Å². The molecule has 0 fully saturated rings. The summed E-state index contributed by atoms with van der Waals surface area (Å²) in [6.45, 7) is 0. The van der Waals surface area contributed by atoms with E-state index in [-0.39, 0.29) is 6.04 Å². The van der Waals surface area contributed by atoms with Crippen molar-refractivity contribution in [3.05, 3.63) is 46.6 Å². The van der Waals surface area contributed by atoms with Crippen molar-refractivity contribution in [1.82, 2.24) is 10.3 Å². The van der Waals surface area contributed by atoms with Gasteiger partial charge in [-0.3, -0.25) is 4.98 Å². The molecule has 90 valence electrons. The number of nitrogens with zero attached hydrogens (tertiary/aromatic N) is 1. The first-order valence-corrected chi connectivity index (χ1v) is 5.97. The first-order chi connectivity index (χ1) is 8.26. The van der Waals surface area contributed by atoms with E-state index in [4.69, 9.17) is 9.15 Å². The molecule has 0 saturated heterocycles. The summed E-state index contributed by atoms with van der Waals surface area (Å²) in [5, 5.41) is 3.17. The molecule has 0 aromatic carbocycles. The Balaban J connectivity index is 2.41. The highest BCUT2D eigenvalue weighted by atomic mass is 79.9. The number of halogens is 1. The molecular weight excluding hydrogens is 284 g/mol. The summed E-state index contributed by atoms with van der Waals surface area (Å²) in [6, 6.07) is 7.35. The number of methoxy groups -OCH3 is 1. The van der Waals surface area contributed by atoms with Crippen LogP contribution in [0, 0.1) is 0 Å². The lowest BCUT2D eigenvalue weighted by Gasteiger charge is -2.15. The monoisotopic (exact) mass is 296 g/mol. The van der Waals surface area contributed by atoms with Gasteiger partial charge in [0.2, 0.25) is 0 Å². The van der Waals surface area contributed by atoms with Gasteiger partial charge < -0.3 is 14.5 Å². The van der Waals surface area contributed by atoms with E-state index in [1.54, 1.807) is 13.3 Å². The Bertz CT molecular complexity index is 499. The lowest BCUT2D eigenvalue weighted by molar-refractivity contribution is 0.389. The van der Waals surface area contributed by atoms with Gasteiger partial charge in [-0.1, -0.05) is 0 Å². The van der Waals surface area contributed by atoms with Gasteiger partial charge >= 0.3 is 0 Å². The van der Waals surface area contributed by atoms with Crippen LogP contribution in [0.15, 0.2) is 39.5 Å². The van der Waals surface area contributed by atoms with E-state index >= 15 is 0 Å². The van der Waals surface area contributed by atoms with Gasteiger partial charge in [0.15, 0.2) is 4.67 Å². The van der Waals surface area contributed by atoms with Crippen LogP contribution in [0.3, 0.4) is 0 Å². The fraction of sp³-hybridized carbons (Fsp3) is 0.250. The molecule has 0 aliphatic rings. The summed E-state index contributed by atoms with van der Waals surface area (Å²) >= 11 is 3.29. The Kier molecular flexibility index (Phi) is 3.81. The van der Waals surface area contributed by atoms with Crippen molar-refractivity contribution in [2.24, 2.45) is 0 Å². The normalized spacial score (nSPS) is 12.4. The molecule has 0 amide bonds. The van der Waals surface area contributed by atoms with Crippen LogP contribution >= 0.6 is 15.9 Å². The van der Waals surface area contributed by atoms with Crippen LogP contribution in [-0.2, 0) is 0 Å². The Labute approximate surface area is 108 Å². The second-order valence-electron chi connectivity index (χ2n) is 3.45. The number of aromatic nitrogens is 1. The molecule has 0 spiro atoms. The Hall–Kier alpha value is -1.33. The largest absolute Gasteiger partial charge is 0.495 e. The molecule has 5 heteroatoms. The minimum Gasteiger partial charge on any atom is -0.495 e. The summed E-state index contributed by atoms with van der Waals surface area (Å²) in [5.41, 5.74) is 0.805. The fourth-order valence-corrected chi connectivity index (χ4v) is 2.01. The molecule has 1 N–H and O–H groups in total. The molecule has 1 unspecified atom stereocenters. The number of hydrogen-bond donors (Lipinski definition) is 1. The van der Waals surface area contributed by atoms with Gasteiger partial charge in [-0.15, -0.1) is 0 Å². The molecule has 0 aliphatic carbocycles. The number of pyridine rings is 1. The van der Waals surface area contributed by atoms with E-state index in [9.17, 15) is 0 Å². The smallest absolute Gasteiger partial charge is 0.169 e. The predicted molar refractivity (Wildman–Crippen MR) is 68.1 cm³/mol. The van der Waals surface area contributed by atoms with Crippen LogP contribution in [-0.4, -0.2) is 19.1 Å². The third kappa shape index (κ3) is 2.50. The number of hydrogen-bond acceptors (Lipinski definition) is 4. The molecule has 2 aromatic rings. The Morgan fingerprint density at radius 2 is 2.24 bits per heavy atom. The van der Waals surface area contributed by atoms with E-state index in [0.29, 0.717) is 4.67 Å². The van der Waals surface area contributed by atoms with Crippen molar-refractivity contribution in [2.45, 2.75) is 6.04 Å². The van der Waals surface area contributed by atoms with Gasteiger partial charge in [-0.2, -0.15) is 0 Å². The first kappa shape index (κ1) is 12.1. The van der Waals surface area contributed by atoms with E-state index in [0.717, 1.165) is 17.2 Å². The lowest BCUT2D eigenvalue weighted by atomic mass is 10.1. The summed E-state index contributed by atoms with van der Waals surface area (Å²) in [4.78, 5) is 4.34. The molecule has 0 bridgehead atoms.